The number of carboxylic acids is 1. The Morgan fingerprint density at radius 3 is 2.32 bits per heavy atom. The Balaban J connectivity index is 1.81. The van der Waals surface area contributed by atoms with Gasteiger partial charge in [-0.05, 0) is 36.5 Å². The maximum absolute atomic E-state index is 12.0. The van der Waals surface area contributed by atoms with Gasteiger partial charge in [0.15, 0.2) is 6.04 Å². The minimum Gasteiger partial charge on any atom is -0.479 e. The first kappa shape index (κ1) is 19.2. The van der Waals surface area contributed by atoms with Crippen LogP contribution in [0, 0.1) is 5.92 Å². The highest BCUT2D eigenvalue weighted by Crippen LogP contribution is 2.26. The van der Waals surface area contributed by atoms with E-state index in [1.54, 1.807) is 24.3 Å². The number of carbonyl (C=O) groups excluding carboxylic acids is 2. The number of benzene rings is 1. The van der Waals surface area contributed by atoms with Crippen LogP contribution in [0.1, 0.15) is 50.1 Å². The van der Waals surface area contributed by atoms with E-state index < -0.39 is 17.9 Å². The minimum atomic E-state index is -1.18. The number of hydrogen-bond donors (Lipinski definition) is 3. The number of halogens is 1. The van der Waals surface area contributed by atoms with Crippen LogP contribution in [0.2, 0.25) is 5.02 Å². The Bertz CT molecular complexity index is 612. The number of amides is 2. The maximum Gasteiger partial charge on any atom is 0.330 e. The van der Waals surface area contributed by atoms with Crippen LogP contribution in [0.4, 0.5) is 0 Å². The van der Waals surface area contributed by atoms with Crippen molar-refractivity contribution in [2.75, 3.05) is 6.54 Å². The van der Waals surface area contributed by atoms with Crippen LogP contribution in [0.3, 0.4) is 0 Å². The molecule has 0 saturated heterocycles. The molecule has 0 radical (unpaired) electrons. The molecule has 3 N–H and O–H groups in total. The van der Waals surface area contributed by atoms with Gasteiger partial charge in [-0.15, -0.1) is 0 Å². The lowest BCUT2D eigenvalue weighted by atomic mass is 9.87. The van der Waals surface area contributed by atoms with E-state index in [-0.39, 0.29) is 12.5 Å². The van der Waals surface area contributed by atoms with Gasteiger partial charge >= 0.3 is 5.97 Å². The molecule has 0 bridgehead atoms. The number of carbonyl (C=O) groups is 3. The highest BCUT2D eigenvalue weighted by molar-refractivity contribution is 6.30. The number of aliphatic carboxylic acids is 1. The van der Waals surface area contributed by atoms with Crippen molar-refractivity contribution < 1.29 is 19.5 Å². The number of nitrogens with one attached hydrogen (secondary N) is 2. The third-order valence-electron chi connectivity index (χ3n) is 4.40. The summed E-state index contributed by atoms with van der Waals surface area (Å²) in [5.41, 5.74) is 0.416. The van der Waals surface area contributed by atoms with E-state index in [1.165, 1.54) is 6.42 Å². The lowest BCUT2D eigenvalue weighted by Gasteiger charge is -2.21. The monoisotopic (exact) mass is 366 g/mol. The fourth-order valence-electron chi connectivity index (χ4n) is 3.06. The first-order chi connectivity index (χ1) is 12.0. The molecule has 1 fully saturated rings. The van der Waals surface area contributed by atoms with Crippen molar-refractivity contribution in [3.8, 4) is 0 Å². The molecule has 1 aliphatic rings. The summed E-state index contributed by atoms with van der Waals surface area (Å²) in [6, 6.07) is 5.03. The fourth-order valence-corrected chi connectivity index (χ4v) is 3.19. The Kier molecular flexibility index (Phi) is 7.25. The lowest BCUT2D eigenvalue weighted by Crippen LogP contribution is -2.41. The van der Waals surface area contributed by atoms with E-state index in [9.17, 15) is 19.5 Å². The van der Waals surface area contributed by atoms with Crippen molar-refractivity contribution in [3.05, 3.63) is 34.9 Å². The van der Waals surface area contributed by atoms with Crippen molar-refractivity contribution in [2.24, 2.45) is 5.92 Å². The van der Waals surface area contributed by atoms with Gasteiger partial charge in [-0.2, -0.15) is 0 Å². The highest BCUT2D eigenvalue weighted by atomic mass is 35.5. The van der Waals surface area contributed by atoms with Crippen LogP contribution < -0.4 is 10.6 Å². The SMILES string of the molecule is O=C(CC1CCCCC1)NCC(=O)NC(C(=O)O)c1ccc(Cl)cc1. The van der Waals surface area contributed by atoms with Gasteiger partial charge in [0.2, 0.25) is 11.8 Å². The lowest BCUT2D eigenvalue weighted by molar-refractivity contribution is -0.142. The van der Waals surface area contributed by atoms with E-state index in [2.05, 4.69) is 10.6 Å². The Hall–Kier alpha value is -2.08. The molecule has 0 spiro atoms. The molecule has 0 aromatic heterocycles. The van der Waals surface area contributed by atoms with Gasteiger partial charge in [0.25, 0.3) is 0 Å². The summed E-state index contributed by atoms with van der Waals surface area (Å²) in [6.45, 7) is -0.233. The second-order valence-electron chi connectivity index (χ2n) is 6.38. The summed E-state index contributed by atoms with van der Waals surface area (Å²) in [5.74, 6) is -1.50. The van der Waals surface area contributed by atoms with Crippen molar-refractivity contribution >= 4 is 29.4 Å². The smallest absolute Gasteiger partial charge is 0.330 e. The third kappa shape index (κ3) is 6.38. The van der Waals surface area contributed by atoms with Gasteiger partial charge in [0.05, 0.1) is 6.54 Å². The van der Waals surface area contributed by atoms with Crippen LogP contribution in [0.15, 0.2) is 24.3 Å². The maximum atomic E-state index is 12.0. The Morgan fingerprint density at radius 1 is 1.08 bits per heavy atom. The van der Waals surface area contributed by atoms with Gasteiger partial charge in [-0.25, -0.2) is 4.79 Å². The van der Waals surface area contributed by atoms with Gasteiger partial charge < -0.3 is 15.7 Å². The summed E-state index contributed by atoms with van der Waals surface area (Å²) >= 11 is 5.78. The molecule has 0 heterocycles. The molecular weight excluding hydrogens is 344 g/mol. The first-order valence-electron chi connectivity index (χ1n) is 8.50. The van der Waals surface area contributed by atoms with Crippen molar-refractivity contribution in [1.82, 2.24) is 10.6 Å². The quantitative estimate of drug-likeness (QED) is 0.691. The molecule has 2 amide bonds. The van der Waals surface area contributed by atoms with Crippen molar-refractivity contribution in [3.63, 3.8) is 0 Å². The molecule has 25 heavy (non-hydrogen) atoms. The third-order valence-corrected chi connectivity index (χ3v) is 4.65. The topological polar surface area (TPSA) is 95.5 Å². The second kappa shape index (κ2) is 9.42. The van der Waals surface area contributed by atoms with Crippen LogP contribution in [-0.4, -0.2) is 29.4 Å². The zero-order valence-corrected chi connectivity index (χ0v) is 14.7. The molecule has 1 atom stereocenters. The summed E-state index contributed by atoms with van der Waals surface area (Å²) in [7, 11) is 0. The zero-order valence-electron chi connectivity index (χ0n) is 14.0. The van der Waals surface area contributed by atoms with Crippen molar-refractivity contribution in [1.29, 1.82) is 0 Å². The van der Waals surface area contributed by atoms with E-state index >= 15 is 0 Å². The van der Waals surface area contributed by atoms with Gasteiger partial charge in [0.1, 0.15) is 0 Å². The van der Waals surface area contributed by atoms with Gasteiger partial charge in [0, 0.05) is 11.4 Å². The zero-order chi connectivity index (χ0) is 18.2. The minimum absolute atomic E-state index is 0.166. The number of rotatable bonds is 7. The first-order valence-corrected chi connectivity index (χ1v) is 8.88. The molecule has 0 aliphatic heterocycles. The molecule has 1 aliphatic carbocycles. The van der Waals surface area contributed by atoms with Crippen LogP contribution in [0.25, 0.3) is 0 Å². The number of hydrogen-bond acceptors (Lipinski definition) is 3. The summed E-state index contributed by atoms with van der Waals surface area (Å²) < 4.78 is 0. The molecule has 2 rings (SSSR count). The standard InChI is InChI=1S/C18H23ClN2O4/c19-14-8-6-13(7-9-14)17(18(24)25)21-16(23)11-20-15(22)10-12-4-2-1-3-5-12/h6-9,12,17H,1-5,10-11H2,(H,20,22)(H,21,23)(H,24,25). The van der Waals surface area contributed by atoms with Crippen LogP contribution in [-0.2, 0) is 14.4 Å². The number of carboxylic acid groups (broad SMARTS) is 1. The Morgan fingerprint density at radius 2 is 1.72 bits per heavy atom. The molecule has 1 unspecified atom stereocenters. The van der Waals surface area contributed by atoms with E-state index in [1.807, 2.05) is 0 Å². The van der Waals surface area contributed by atoms with Crippen molar-refractivity contribution in [2.45, 2.75) is 44.6 Å². The van der Waals surface area contributed by atoms with E-state index in [0.717, 1.165) is 25.7 Å². The predicted molar refractivity (Wildman–Crippen MR) is 94.2 cm³/mol. The van der Waals surface area contributed by atoms with Gasteiger partial charge in [-0.1, -0.05) is 43.0 Å². The average Bonchev–Trinajstić information content (AvgIpc) is 2.59. The summed E-state index contributed by atoms with van der Waals surface area (Å²) in [5, 5.41) is 14.8. The van der Waals surface area contributed by atoms with Crippen LogP contribution >= 0.6 is 11.6 Å². The van der Waals surface area contributed by atoms with E-state index in [0.29, 0.717) is 22.9 Å². The second-order valence-corrected chi connectivity index (χ2v) is 6.81. The molecule has 6 nitrogen and oxygen atoms in total. The Labute approximate surface area is 151 Å². The normalized spacial score (nSPS) is 16.0. The van der Waals surface area contributed by atoms with Crippen LogP contribution in [0.5, 0.6) is 0 Å². The van der Waals surface area contributed by atoms with Gasteiger partial charge in [-0.3, -0.25) is 9.59 Å². The highest BCUT2D eigenvalue weighted by Gasteiger charge is 2.22. The molecule has 7 heteroatoms. The molecule has 1 aromatic carbocycles. The largest absolute Gasteiger partial charge is 0.479 e. The fraction of sp³-hybridized carbons (Fsp3) is 0.500. The molecular formula is C18H23ClN2O4. The predicted octanol–water partition coefficient (Wildman–Crippen LogP) is 2.67. The molecule has 1 aromatic rings. The summed E-state index contributed by atoms with van der Waals surface area (Å²) in [6.07, 6.45) is 6.06. The summed E-state index contributed by atoms with van der Waals surface area (Å²) in [4.78, 5) is 35.3. The average molecular weight is 367 g/mol. The van der Waals surface area contributed by atoms with E-state index in [4.69, 9.17) is 11.6 Å². The molecule has 136 valence electrons. The molecule has 1 saturated carbocycles.